The first kappa shape index (κ1) is 8.52. The number of carbonyl (C=O) groups excluding carboxylic acids is 1. The van der Waals surface area contributed by atoms with E-state index in [9.17, 15) is 4.79 Å². The van der Waals surface area contributed by atoms with Crippen LogP contribution in [0.3, 0.4) is 0 Å². The molecule has 0 aromatic heterocycles. The zero-order valence-electron chi connectivity index (χ0n) is 4.87. The summed E-state index contributed by atoms with van der Waals surface area (Å²) in [5.41, 5.74) is 0. The summed E-state index contributed by atoms with van der Waals surface area (Å²) in [6.07, 6.45) is 1.10. The van der Waals surface area contributed by atoms with Crippen molar-refractivity contribution >= 4 is 18.9 Å². The van der Waals surface area contributed by atoms with Gasteiger partial charge in [0.05, 0.1) is 6.61 Å². The van der Waals surface area contributed by atoms with Gasteiger partial charge in [0.1, 0.15) is 6.61 Å². The van der Waals surface area contributed by atoms with Crippen LogP contribution in [0.1, 0.15) is 0 Å². The highest BCUT2D eigenvalue weighted by Gasteiger charge is 1.91. The Balaban J connectivity index is 3.07. The Labute approximate surface area is 59.3 Å². The van der Waals surface area contributed by atoms with E-state index in [-0.39, 0.29) is 6.61 Å². The number of thiol groups is 1. The summed E-state index contributed by atoms with van der Waals surface area (Å²) in [5, 5.41) is 0. The maximum atomic E-state index is 10.3. The van der Waals surface area contributed by atoms with Gasteiger partial charge in [-0.1, -0.05) is 6.58 Å². The van der Waals surface area contributed by atoms with E-state index < -0.39 is 5.97 Å². The normalized spacial score (nSPS) is 8.56. The second-order valence-corrected chi connectivity index (χ2v) is 1.46. The molecule has 0 bridgehead atoms. The SMILES string of the molecule is C=CC(=O)OCCOS. The molecule has 0 saturated carbocycles. The van der Waals surface area contributed by atoms with E-state index >= 15 is 0 Å². The molecule has 0 atom stereocenters. The van der Waals surface area contributed by atoms with Crippen LogP contribution in [0.4, 0.5) is 0 Å². The first-order valence-electron chi connectivity index (χ1n) is 2.37. The maximum absolute atomic E-state index is 10.3. The van der Waals surface area contributed by atoms with E-state index in [1.165, 1.54) is 0 Å². The van der Waals surface area contributed by atoms with Crippen LogP contribution >= 0.6 is 12.9 Å². The van der Waals surface area contributed by atoms with Crippen LogP contribution < -0.4 is 0 Å². The molecule has 0 spiro atoms. The second kappa shape index (κ2) is 5.65. The zero-order chi connectivity index (χ0) is 7.11. The Morgan fingerprint density at radius 3 is 2.78 bits per heavy atom. The first-order valence-corrected chi connectivity index (χ1v) is 2.73. The molecule has 0 aromatic carbocycles. The van der Waals surface area contributed by atoms with E-state index in [4.69, 9.17) is 0 Å². The fraction of sp³-hybridized carbons (Fsp3) is 0.400. The van der Waals surface area contributed by atoms with Crippen molar-refractivity contribution in [3.8, 4) is 0 Å². The monoisotopic (exact) mass is 148 g/mol. The molecule has 9 heavy (non-hydrogen) atoms. The van der Waals surface area contributed by atoms with Crippen LogP contribution in [-0.4, -0.2) is 19.2 Å². The topological polar surface area (TPSA) is 35.5 Å². The van der Waals surface area contributed by atoms with E-state index in [1.54, 1.807) is 0 Å². The lowest BCUT2D eigenvalue weighted by molar-refractivity contribution is -0.138. The summed E-state index contributed by atoms with van der Waals surface area (Å²) in [6, 6.07) is 0. The van der Waals surface area contributed by atoms with Crippen molar-refractivity contribution in [3.63, 3.8) is 0 Å². The van der Waals surface area contributed by atoms with Crippen molar-refractivity contribution in [2.75, 3.05) is 13.2 Å². The Bertz CT molecular complexity index is 102. The third-order valence-corrected chi connectivity index (χ3v) is 0.768. The Hall–Kier alpha value is -0.480. The van der Waals surface area contributed by atoms with E-state index in [2.05, 4.69) is 28.4 Å². The molecule has 52 valence electrons. The number of ether oxygens (including phenoxy) is 1. The van der Waals surface area contributed by atoms with Gasteiger partial charge in [0.15, 0.2) is 0 Å². The average molecular weight is 148 g/mol. The van der Waals surface area contributed by atoms with Crippen molar-refractivity contribution < 1.29 is 13.7 Å². The molecule has 0 aliphatic carbocycles. The van der Waals surface area contributed by atoms with Gasteiger partial charge in [-0.3, -0.25) is 0 Å². The molecular weight excluding hydrogens is 140 g/mol. The minimum atomic E-state index is -0.444. The van der Waals surface area contributed by atoms with Gasteiger partial charge in [0, 0.05) is 6.08 Å². The van der Waals surface area contributed by atoms with Crippen LogP contribution in [0.25, 0.3) is 0 Å². The van der Waals surface area contributed by atoms with E-state index in [1.807, 2.05) is 0 Å². The smallest absolute Gasteiger partial charge is 0.330 e. The lowest BCUT2D eigenvalue weighted by Crippen LogP contribution is -2.05. The fourth-order valence-electron chi connectivity index (χ4n) is 0.238. The first-order chi connectivity index (χ1) is 4.31. The van der Waals surface area contributed by atoms with Crippen molar-refractivity contribution in [2.45, 2.75) is 0 Å². The number of esters is 1. The van der Waals surface area contributed by atoms with Gasteiger partial charge in [0.2, 0.25) is 0 Å². The van der Waals surface area contributed by atoms with Gasteiger partial charge < -0.3 is 8.92 Å². The summed E-state index contributed by atoms with van der Waals surface area (Å²) in [5.74, 6) is -0.444. The van der Waals surface area contributed by atoms with Crippen LogP contribution in [0.15, 0.2) is 12.7 Å². The van der Waals surface area contributed by atoms with Gasteiger partial charge in [-0.05, 0) is 12.9 Å². The maximum Gasteiger partial charge on any atom is 0.330 e. The highest BCUT2D eigenvalue weighted by Crippen LogP contribution is 1.81. The van der Waals surface area contributed by atoms with Crippen LogP contribution in [0.5, 0.6) is 0 Å². The Morgan fingerprint density at radius 2 is 2.33 bits per heavy atom. The predicted octanol–water partition coefficient (Wildman–Crippen LogP) is 0.577. The molecule has 3 nitrogen and oxygen atoms in total. The number of carbonyl (C=O) groups is 1. The van der Waals surface area contributed by atoms with Crippen molar-refractivity contribution in [2.24, 2.45) is 0 Å². The molecule has 0 rings (SSSR count). The van der Waals surface area contributed by atoms with E-state index in [0.29, 0.717) is 6.61 Å². The predicted molar refractivity (Wildman–Crippen MR) is 36.1 cm³/mol. The molecule has 0 radical (unpaired) electrons. The quantitative estimate of drug-likeness (QED) is 0.208. The highest BCUT2D eigenvalue weighted by atomic mass is 32.1. The molecule has 0 unspecified atom stereocenters. The molecular formula is C5H8O3S. The van der Waals surface area contributed by atoms with Gasteiger partial charge in [-0.2, -0.15) is 0 Å². The van der Waals surface area contributed by atoms with Crippen molar-refractivity contribution in [1.82, 2.24) is 0 Å². The molecule has 0 N–H and O–H groups in total. The minimum absolute atomic E-state index is 0.217. The summed E-state index contributed by atoms with van der Waals surface area (Å²) in [6.45, 7) is 3.72. The summed E-state index contributed by atoms with van der Waals surface area (Å²) in [7, 11) is 0. The highest BCUT2D eigenvalue weighted by molar-refractivity contribution is 7.75. The van der Waals surface area contributed by atoms with Gasteiger partial charge in [0.25, 0.3) is 0 Å². The third kappa shape index (κ3) is 5.39. The largest absolute Gasteiger partial charge is 0.460 e. The number of rotatable bonds is 4. The molecule has 0 fully saturated rings. The number of hydrogen-bond acceptors (Lipinski definition) is 4. The van der Waals surface area contributed by atoms with Crippen molar-refractivity contribution in [3.05, 3.63) is 12.7 Å². The van der Waals surface area contributed by atoms with Crippen LogP contribution in [0, 0.1) is 0 Å². The van der Waals surface area contributed by atoms with Gasteiger partial charge in [-0.15, -0.1) is 0 Å². The second-order valence-electron chi connectivity index (χ2n) is 1.20. The van der Waals surface area contributed by atoms with Gasteiger partial charge >= 0.3 is 5.97 Å². The Morgan fingerprint density at radius 1 is 1.67 bits per heavy atom. The lowest BCUT2D eigenvalue weighted by atomic mass is 10.6. The lowest BCUT2D eigenvalue weighted by Gasteiger charge is -1.97. The third-order valence-electron chi connectivity index (χ3n) is 0.586. The molecule has 0 heterocycles. The molecule has 0 aliphatic rings. The standard InChI is InChI=1S/C5H8O3S/c1-2-5(6)7-3-4-8-9/h2,9H,1,3-4H2. The van der Waals surface area contributed by atoms with E-state index in [0.717, 1.165) is 6.08 Å². The average Bonchev–Trinajstić information content (AvgIpc) is 1.89. The molecule has 0 aliphatic heterocycles. The molecule has 0 aromatic rings. The zero-order valence-corrected chi connectivity index (χ0v) is 5.77. The van der Waals surface area contributed by atoms with Gasteiger partial charge in [-0.25, -0.2) is 4.79 Å². The molecule has 0 amide bonds. The fourth-order valence-corrected chi connectivity index (χ4v) is 0.313. The molecule has 4 heteroatoms. The summed E-state index contributed by atoms with van der Waals surface area (Å²) in [4.78, 5) is 10.3. The van der Waals surface area contributed by atoms with Crippen LogP contribution in [-0.2, 0) is 13.7 Å². The number of hydrogen-bond donors (Lipinski definition) is 1. The Kier molecular flexibility index (Phi) is 5.35. The summed E-state index contributed by atoms with van der Waals surface area (Å²) >= 11 is 3.44. The van der Waals surface area contributed by atoms with Crippen LogP contribution in [0.2, 0.25) is 0 Å². The van der Waals surface area contributed by atoms with Crippen molar-refractivity contribution in [1.29, 1.82) is 0 Å². The molecule has 0 saturated heterocycles. The minimum Gasteiger partial charge on any atom is -0.460 e. The summed E-state index contributed by atoms with van der Waals surface area (Å²) < 4.78 is 8.82.